The van der Waals surface area contributed by atoms with Gasteiger partial charge in [-0.1, -0.05) is 19.3 Å². The average Bonchev–Trinajstić information content (AvgIpc) is 2.34. The summed E-state index contributed by atoms with van der Waals surface area (Å²) in [5.74, 6) is 0.353. The highest BCUT2D eigenvalue weighted by molar-refractivity contribution is 4.76. The molecule has 1 fully saturated rings. The molecule has 0 bridgehead atoms. The Morgan fingerprint density at radius 3 is 2.11 bits per heavy atom. The van der Waals surface area contributed by atoms with Gasteiger partial charge in [-0.05, 0) is 37.5 Å². The molecule has 0 amide bonds. The van der Waals surface area contributed by atoms with Crippen molar-refractivity contribution in [2.45, 2.75) is 51.0 Å². The maximum atomic E-state index is 9.44. The number of unbranched alkanes of at least 4 members (excludes halogenated alkanes) is 3. The summed E-state index contributed by atoms with van der Waals surface area (Å²) in [6, 6.07) is 0. The van der Waals surface area contributed by atoms with Crippen LogP contribution in [-0.2, 0) is 4.74 Å². The van der Waals surface area contributed by atoms with Gasteiger partial charge in [0, 0.05) is 26.4 Å². The first-order valence-electron chi connectivity index (χ1n) is 7.26. The second-order valence-corrected chi connectivity index (χ2v) is 5.33. The van der Waals surface area contributed by atoms with E-state index >= 15 is 0 Å². The molecule has 4 nitrogen and oxygen atoms in total. The van der Waals surface area contributed by atoms with Crippen molar-refractivity contribution >= 4 is 0 Å². The number of aliphatic hydroxyl groups excluding tert-OH is 3. The van der Waals surface area contributed by atoms with Crippen LogP contribution in [0, 0.1) is 11.8 Å². The van der Waals surface area contributed by atoms with Gasteiger partial charge in [-0.3, -0.25) is 0 Å². The number of aliphatic hydroxyl groups is 3. The largest absolute Gasteiger partial charge is 0.396 e. The summed E-state index contributed by atoms with van der Waals surface area (Å²) in [5.41, 5.74) is 0. The molecule has 1 rings (SSSR count). The summed E-state index contributed by atoms with van der Waals surface area (Å²) in [5, 5.41) is 27.6. The third-order valence-electron chi connectivity index (χ3n) is 3.98. The number of hydrogen-bond acceptors (Lipinski definition) is 4. The first-order valence-corrected chi connectivity index (χ1v) is 7.26. The van der Waals surface area contributed by atoms with Gasteiger partial charge in [0.2, 0.25) is 0 Å². The van der Waals surface area contributed by atoms with Crippen LogP contribution < -0.4 is 0 Å². The van der Waals surface area contributed by atoms with Gasteiger partial charge < -0.3 is 20.1 Å². The van der Waals surface area contributed by atoms with Crippen molar-refractivity contribution in [2.75, 3.05) is 26.4 Å². The third-order valence-corrected chi connectivity index (χ3v) is 3.98. The van der Waals surface area contributed by atoms with Gasteiger partial charge in [-0.15, -0.1) is 0 Å². The minimum Gasteiger partial charge on any atom is -0.396 e. The lowest BCUT2D eigenvalue weighted by Gasteiger charge is -2.32. The second-order valence-electron chi connectivity index (χ2n) is 5.33. The molecule has 3 unspecified atom stereocenters. The minimum atomic E-state index is 0.141. The molecule has 0 radical (unpaired) electrons. The Bertz CT molecular complexity index is 194. The van der Waals surface area contributed by atoms with E-state index in [0.717, 1.165) is 51.6 Å². The molecule has 108 valence electrons. The van der Waals surface area contributed by atoms with Gasteiger partial charge in [0.1, 0.15) is 0 Å². The summed E-state index contributed by atoms with van der Waals surface area (Å²) in [4.78, 5) is 0. The Kier molecular flexibility index (Phi) is 8.59. The molecular formula is C14H28O4. The van der Waals surface area contributed by atoms with Crippen LogP contribution >= 0.6 is 0 Å². The lowest BCUT2D eigenvalue weighted by Crippen LogP contribution is -2.33. The Labute approximate surface area is 110 Å². The van der Waals surface area contributed by atoms with E-state index in [1.54, 1.807) is 0 Å². The SMILES string of the molecule is OCCCCCCC(CO)C(CO)CC1CCO1. The van der Waals surface area contributed by atoms with Crippen LogP contribution in [0.5, 0.6) is 0 Å². The molecule has 0 spiro atoms. The maximum Gasteiger partial charge on any atom is 0.0600 e. The number of ether oxygens (including phenoxy) is 1. The summed E-state index contributed by atoms with van der Waals surface area (Å²) >= 11 is 0. The topological polar surface area (TPSA) is 69.9 Å². The Hall–Kier alpha value is -0.160. The van der Waals surface area contributed by atoms with Crippen molar-refractivity contribution in [1.29, 1.82) is 0 Å². The quantitative estimate of drug-likeness (QED) is 0.490. The van der Waals surface area contributed by atoms with Crippen molar-refractivity contribution in [2.24, 2.45) is 11.8 Å². The Morgan fingerprint density at radius 2 is 1.61 bits per heavy atom. The summed E-state index contributed by atoms with van der Waals surface area (Å²) < 4.78 is 5.39. The van der Waals surface area contributed by atoms with Crippen LogP contribution in [0.2, 0.25) is 0 Å². The summed E-state index contributed by atoms with van der Waals surface area (Å²) in [6.07, 6.45) is 7.28. The molecule has 1 saturated heterocycles. The molecule has 0 saturated carbocycles. The van der Waals surface area contributed by atoms with Crippen molar-refractivity contribution in [3.05, 3.63) is 0 Å². The molecule has 1 aliphatic rings. The van der Waals surface area contributed by atoms with Crippen LogP contribution in [-0.4, -0.2) is 47.9 Å². The molecule has 1 heterocycles. The molecular weight excluding hydrogens is 232 g/mol. The predicted octanol–water partition coefficient (Wildman–Crippen LogP) is 1.33. The molecule has 3 atom stereocenters. The third kappa shape index (κ3) is 5.65. The Morgan fingerprint density at radius 1 is 0.944 bits per heavy atom. The van der Waals surface area contributed by atoms with Crippen LogP contribution in [0.4, 0.5) is 0 Å². The van der Waals surface area contributed by atoms with Crippen molar-refractivity contribution in [1.82, 2.24) is 0 Å². The monoisotopic (exact) mass is 260 g/mol. The van der Waals surface area contributed by atoms with Gasteiger partial charge in [0.15, 0.2) is 0 Å². The maximum absolute atomic E-state index is 9.44. The summed E-state index contributed by atoms with van der Waals surface area (Å²) in [7, 11) is 0. The van der Waals surface area contributed by atoms with Crippen LogP contribution in [0.25, 0.3) is 0 Å². The molecule has 4 heteroatoms. The highest BCUT2D eigenvalue weighted by Gasteiger charge is 2.27. The van der Waals surface area contributed by atoms with E-state index in [0.29, 0.717) is 6.10 Å². The Balaban J connectivity index is 2.18. The first-order chi connectivity index (χ1) is 8.81. The van der Waals surface area contributed by atoms with E-state index in [1.807, 2.05) is 0 Å². The van der Waals surface area contributed by atoms with Crippen molar-refractivity contribution in [3.63, 3.8) is 0 Å². The van der Waals surface area contributed by atoms with Gasteiger partial charge in [0.25, 0.3) is 0 Å². The van der Waals surface area contributed by atoms with Crippen molar-refractivity contribution < 1.29 is 20.1 Å². The van der Waals surface area contributed by atoms with Gasteiger partial charge in [-0.2, -0.15) is 0 Å². The smallest absolute Gasteiger partial charge is 0.0600 e. The van der Waals surface area contributed by atoms with Crippen LogP contribution in [0.1, 0.15) is 44.9 Å². The van der Waals surface area contributed by atoms with Gasteiger partial charge in [-0.25, -0.2) is 0 Å². The lowest BCUT2D eigenvalue weighted by molar-refractivity contribution is -0.0738. The van der Waals surface area contributed by atoms with E-state index in [9.17, 15) is 10.2 Å². The molecule has 0 aromatic heterocycles. The second kappa shape index (κ2) is 9.73. The minimum absolute atomic E-state index is 0.141. The molecule has 0 aromatic rings. The molecule has 1 aliphatic heterocycles. The zero-order chi connectivity index (χ0) is 13.2. The fourth-order valence-corrected chi connectivity index (χ4v) is 2.57. The van der Waals surface area contributed by atoms with Crippen molar-refractivity contribution in [3.8, 4) is 0 Å². The van der Waals surface area contributed by atoms with E-state index in [1.165, 1.54) is 0 Å². The highest BCUT2D eigenvalue weighted by atomic mass is 16.5. The van der Waals surface area contributed by atoms with Crippen LogP contribution in [0.15, 0.2) is 0 Å². The van der Waals surface area contributed by atoms with Crippen LogP contribution in [0.3, 0.4) is 0 Å². The van der Waals surface area contributed by atoms with Gasteiger partial charge in [0.05, 0.1) is 6.10 Å². The van der Waals surface area contributed by atoms with E-state index in [4.69, 9.17) is 9.84 Å². The number of rotatable bonds is 11. The summed E-state index contributed by atoms with van der Waals surface area (Å²) in [6.45, 7) is 1.40. The first kappa shape index (κ1) is 15.9. The standard InChI is InChI=1S/C14H28O4/c15-7-4-2-1-3-5-12(10-16)13(11-17)9-14-6-8-18-14/h12-17H,1-11H2. The average molecular weight is 260 g/mol. The predicted molar refractivity (Wildman–Crippen MR) is 70.3 cm³/mol. The lowest BCUT2D eigenvalue weighted by atomic mass is 9.83. The number of hydrogen-bond donors (Lipinski definition) is 3. The van der Waals surface area contributed by atoms with E-state index in [-0.39, 0.29) is 31.7 Å². The molecule has 3 N–H and O–H groups in total. The van der Waals surface area contributed by atoms with E-state index in [2.05, 4.69) is 0 Å². The fraction of sp³-hybridized carbons (Fsp3) is 1.00. The molecule has 0 aliphatic carbocycles. The fourth-order valence-electron chi connectivity index (χ4n) is 2.57. The normalized spacial score (nSPS) is 22.5. The zero-order valence-electron chi connectivity index (χ0n) is 11.3. The van der Waals surface area contributed by atoms with E-state index < -0.39 is 0 Å². The highest BCUT2D eigenvalue weighted by Crippen LogP contribution is 2.27. The van der Waals surface area contributed by atoms with Gasteiger partial charge >= 0.3 is 0 Å². The molecule has 0 aromatic carbocycles. The molecule has 18 heavy (non-hydrogen) atoms. The zero-order valence-corrected chi connectivity index (χ0v) is 11.3.